The molecule has 7 N–H and O–H groups in total. The first kappa shape index (κ1) is 21.3. The molecule has 0 saturated carbocycles. The second-order valence-electron chi connectivity index (χ2n) is 7.61. The van der Waals surface area contributed by atoms with Crippen molar-refractivity contribution in [1.29, 1.82) is 0 Å². The number of carbonyl (C=O) groups is 1. The number of aromatic hydroxyl groups is 3. The Morgan fingerprint density at radius 1 is 0.935 bits per heavy atom. The standard InChI is InChI=1S/C21H22O10/c22-7-14-17(27)18(28)19(29)21(31-14)16-11(25)5-10(24)15-12(26)6-13(30-20(15)16)8-1-3-9(23)4-2-8/h1-5,13-14,17-19,21-25,27-29H,6-7H2/t13?,14-,17+,18+,19-,21+/m1/s1. The number of carbonyl (C=O) groups excluding carboxylic acids is 1. The van der Waals surface area contributed by atoms with Crippen molar-refractivity contribution in [1.82, 2.24) is 0 Å². The zero-order valence-electron chi connectivity index (χ0n) is 16.1. The van der Waals surface area contributed by atoms with Crippen LogP contribution < -0.4 is 4.74 Å². The Bertz CT molecular complexity index is 987. The number of phenols is 3. The number of hydrogen-bond donors (Lipinski definition) is 7. The maximum atomic E-state index is 12.8. The second kappa shape index (κ2) is 7.98. The molecule has 1 fully saturated rings. The van der Waals surface area contributed by atoms with Crippen molar-refractivity contribution in [3.8, 4) is 23.0 Å². The lowest BCUT2D eigenvalue weighted by atomic mass is 9.87. The van der Waals surface area contributed by atoms with E-state index in [9.17, 15) is 40.5 Å². The van der Waals surface area contributed by atoms with E-state index in [2.05, 4.69) is 0 Å². The number of aliphatic hydroxyl groups excluding tert-OH is 4. The molecule has 0 spiro atoms. The number of aliphatic hydroxyl groups is 4. The van der Waals surface area contributed by atoms with Crippen LogP contribution >= 0.6 is 0 Å². The summed E-state index contributed by atoms with van der Waals surface area (Å²) in [5.74, 6) is -1.82. The Hall–Kier alpha value is -2.89. The Morgan fingerprint density at radius 3 is 2.26 bits per heavy atom. The van der Waals surface area contributed by atoms with Gasteiger partial charge in [-0.15, -0.1) is 0 Å². The molecular weight excluding hydrogens is 412 g/mol. The van der Waals surface area contributed by atoms with Crippen LogP contribution in [0.3, 0.4) is 0 Å². The molecule has 0 aromatic heterocycles. The van der Waals surface area contributed by atoms with Gasteiger partial charge in [0.25, 0.3) is 0 Å². The number of fused-ring (bicyclic) bond motifs is 1. The van der Waals surface area contributed by atoms with Crippen LogP contribution in [0, 0.1) is 0 Å². The van der Waals surface area contributed by atoms with Crippen LogP contribution in [-0.2, 0) is 4.74 Å². The topological polar surface area (TPSA) is 177 Å². The average Bonchev–Trinajstić information content (AvgIpc) is 2.73. The van der Waals surface area contributed by atoms with Gasteiger partial charge in [0, 0.05) is 6.07 Å². The van der Waals surface area contributed by atoms with Gasteiger partial charge in [-0.3, -0.25) is 4.79 Å². The third-order valence-corrected chi connectivity index (χ3v) is 5.63. The highest BCUT2D eigenvalue weighted by Gasteiger charge is 2.47. The molecular formula is C21H22O10. The van der Waals surface area contributed by atoms with Crippen LogP contribution in [0.25, 0.3) is 0 Å². The molecule has 2 aliphatic heterocycles. The van der Waals surface area contributed by atoms with Crippen LogP contribution in [0.1, 0.15) is 40.1 Å². The number of phenolic OH excluding ortho intramolecular Hbond substituents is 3. The van der Waals surface area contributed by atoms with Gasteiger partial charge in [0.1, 0.15) is 65.2 Å². The predicted octanol–water partition coefficient (Wildman–Crippen LogP) is 0.0248. The van der Waals surface area contributed by atoms with Crippen LogP contribution in [0.2, 0.25) is 0 Å². The van der Waals surface area contributed by atoms with Gasteiger partial charge in [-0.1, -0.05) is 12.1 Å². The first-order chi connectivity index (χ1) is 14.7. The molecule has 2 aliphatic rings. The lowest BCUT2D eigenvalue weighted by Gasteiger charge is -2.41. The molecule has 4 rings (SSSR count). The number of benzene rings is 2. The first-order valence-corrected chi connectivity index (χ1v) is 9.61. The summed E-state index contributed by atoms with van der Waals surface area (Å²) in [6.07, 6.45) is -8.75. The summed E-state index contributed by atoms with van der Waals surface area (Å²) >= 11 is 0. The summed E-state index contributed by atoms with van der Waals surface area (Å²) < 4.78 is 11.5. The van der Waals surface area contributed by atoms with Crippen molar-refractivity contribution in [3.63, 3.8) is 0 Å². The van der Waals surface area contributed by atoms with Crippen LogP contribution in [0.5, 0.6) is 23.0 Å². The number of hydrogen-bond acceptors (Lipinski definition) is 10. The zero-order valence-corrected chi connectivity index (χ0v) is 16.1. The van der Waals surface area contributed by atoms with Crippen LogP contribution in [0.15, 0.2) is 30.3 Å². The second-order valence-corrected chi connectivity index (χ2v) is 7.61. The molecule has 31 heavy (non-hydrogen) atoms. The van der Waals surface area contributed by atoms with Crippen molar-refractivity contribution >= 4 is 5.78 Å². The van der Waals surface area contributed by atoms with Gasteiger partial charge in [0.15, 0.2) is 5.78 Å². The molecule has 1 saturated heterocycles. The summed E-state index contributed by atoms with van der Waals surface area (Å²) in [6.45, 7) is -0.682. The molecule has 166 valence electrons. The quantitative estimate of drug-likeness (QED) is 0.348. The van der Waals surface area contributed by atoms with E-state index in [0.717, 1.165) is 6.07 Å². The van der Waals surface area contributed by atoms with Gasteiger partial charge >= 0.3 is 0 Å². The van der Waals surface area contributed by atoms with E-state index >= 15 is 0 Å². The highest BCUT2D eigenvalue weighted by Crippen LogP contribution is 2.50. The smallest absolute Gasteiger partial charge is 0.174 e. The van der Waals surface area contributed by atoms with Crippen molar-refractivity contribution < 1.29 is 50.0 Å². The average molecular weight is 434 g/mol. The summed E-state index contributed by atoms with van der Waals surface area (Å²) in [5, 5.41) is 70.4. The van der Waals surface area contributed by atoms with E-state index in [1.54, 1.807) is 12.1 Å². The predicted molar refractivity (Wildman–Crippen MR) is 103 cm³/mol. The molecule has 2 aromatic rings. The first-order valence-electron chi connectivity index (χ1n) is 9.61. The fourth-order valence-electron chi connectivity index (χ4n) is 3.98. The molecule has 2 heterocycles. The lowest BCUT2D eigenvalue weighted by Crippen LogP contribution is -2.55. The van der Waals surface area contributed by atoms with Gasteiger partial charge in [-0.05, 0) is 17.7 Å². The van der Waals surface area contributed by atoms with E-state index in [0.29, 0.717) is 5.56 Å². The Labute approximate surface area is 176 Å². The lowest BCUT2D eigenvalue weighted by molar-refractivity contribution is -0.232. The molecule has 2 aromatic carbocycles. The minimum Gasteiger partial charge on any atom is -0.508 e. The molecule has 10 heteroatoms. The summed E-state index contributed by atoms with van der Waals surface area (Å²) in [7, 11) is 0. The monoisotopic (exact) mass is 434 g/mol. The Kier molecular flexibility index (Phi) is 5.50. The van der Waals surface area contributed by atoms with Crippen molar-refractivity contribution in [2.24, 2.45) is 0 Å². The van der Waals surface area contributed by atoms with Gasteiger partial charge in [0.2, 0.25) is 0 Å². The maximum absolute atomic E-state index is 12.8. The van der Waals surface area contributed by atoms with E-state index in [-0.39, 0.29) is 29.0 Å². The van der Waals surface area contributed by atoms with Gasteiger partial charge in [-0.2, -0.15) is 0 Å². The SMILES string of the molecule is O=C1CC(c2ccc(O)cc2)Oc2c1c(O)cc(O)c2[C@@H]1O[C@H](CO)[C@H](O)[C@H](O)[C@H]1O. The highest BCUT2D eigenvalue weighted by atomic mass is 16.5. The van der Waals surface area contributed by atoms with E-state index < -0.39 is 60.5 Å². The molecule has 0 radical (unpaired) electrons. The number of ketones is 1. The minimum atomic E-state index is -1.73. The largest absolute Gasteiger partial charge is 0.508 e. The summed E-state index contributed by atoms with van der Waals surface area (Å²) in [6, 6.07) is 6.83. The highest BCUT2D eigenvalue weighted by molar-refractivity contribution is 6.03. The van der Waals surface area contributed by atoms with Gasteiger partial charge < -0.3 is 45.2 Å². The fraction of sp³-hybridized carbons (Fsp3) is 0.381. The Morgan fingerprint density at radius 2 is 1.61 bits per heavy atom. The van der Waals surface area contributed by atoms with Crippen LogP contribution in [-0.4, -0.2) is 72.6 Å². The van der Waals surface area contributed by atoms with Crippen molar-refractivity contribution in [2.45, 2.75) is 43.0 Å². The van der Waals surface area contributed by atoms with Crippen molar-refractivity contribution in [2.75, 3.05) is 6.61 Å². The third-order valence-electron chi connectivity index (χ3n) is 5.63. The van der Waals surface area contributed by atoms with E-state index in [4.69, 9.17) is 9.47 Å². The molecule has 0 aliphatic carbocycles. The molecule has 0 amide bonds. The van der Waals surface area contributed by atoms with E-state index in [1.165, 1.54) is 12.1 Å². The number of ether oxygens (including phenoxy) is 2. The zero-order chi connectivity index (χ0) is 22.4. The summed E-state index contributed by atoms with van der Waals surface area (Å²) in [4.78, 5) is 12.8. The van der Waals surface area contributed by atoms with Gasteiger partial charge in [-0.25, -0.2) is 0 Å². The summed E-state index contributed by atoms with van der Waals surface area (Å²) in [5.41, 5.74) is 0.112. The molecule has 1 unspecified atom stereocenters. The number of rotatable bonds is 3. The normalized spacial score (nSPS) is 30.5. The molecule has 0 bridgehead atoms. The third kappa shape index (κ3) is 3.58. The number of Topliss-reactive ketones (excluding diaryl/α,β-unsaturated/α-hetero) is 1. The fourth-order valence-corrected chi connectivity index (χ4v) is 3.98. The van der Waals surface area contributed by atoms with Crippen molar-refractivity contribution in [3.05, 3.63) is 47.0 Å². The molecule has 10 nitrogen and oxygen atoms in total. The Balaban J connectivity index is 1.81. The maximum Gasteiger partial charge on any atom is 0.174 e. The van der Waals surface area contributed by atoms with Crippen LogP contribution in [0.4, 0.5) is 0 Å². The minimum absolute atomic E-state index is 0.0172. The van der Waals surface area contributed by atoms with E-state index in [1.807, 2.05) is 0 Å². The molecule has 6 atom stereocenters. The van der Waals surface area contributed by atoms with Gasteiger partial charge in [0.05, 0.1) is 18.6 Å².